The van der Waals surface area contributed by atoms with E-state index in [2.05, 4.69) is 20.8 Å². The molecule has 2 atom stereocenters. The quantitative estimate of drug-likeness (QED) is 0.601. The van der Waals surface area contributed by atoms with E-state index in [1.165, 1.54) is 12.8 Å². The maximum atomic E-state index is 5.91. The Kier molecular flexibility index (Phi) is 1.55. The van der Waals surface area contributed by atoms with Gasteiger partial charge in [-0.3, -0.25) is 0 Å². The lowest BCUT2D eigenvalue weighted by Gasteiger charge is -2.17. The molecule has 2 unspecified atom stereocenters. The molecule has 1 aliphatic carbocycles. The second-order valence-electron chi connectivity index (χ2n) is 3.83. The molecule has 9 heavy (non-hydrogen) atoms. The van der Waals surface area contributed by atoms with Crippen molar-refractivity contribution in [2.45, 2.75) is 39.2 Å². The fourth-order valence-electron chi connectivity index (χ4n) is 1.61. The molecule has 1 aliphatic rings. The third-order valence-electron chi connectivity index (χ3n) is 2.40. The lowest BCUT2D eigenvalue weighted by molar-refractivity contribution is 0.421. The molecular weight excluding hydrogens is 110 g/mol. The average Bonchev–Trinajstić information content (AvgIpc) is 2.39. The first-order chi connectivity index (χ1) is 4.05. The van der Waals surface area contributed by atoms with Crippen molar-refractivity contribution in [2.24, 2.45) is 17.6 Å². The lowest BCUT2D eigenvalue weighted by Crippen LogP contribution is -2.35. The third-order valence-corrected chi connectivity index (χ3v) is 2.40. The Hall–Kier alpha value is -0.0400. The molecule has 2 N–H and O–H groups in total. The van der Waals surface area contributed by atoms with Gasteiger partial charge >= 0.3 is 0 Å². The van der Waals surface area contributed by atoms with Crippen molar-refractivity contribution in [2.75, 3.05) is 0 Å². The highest BCUT2D eigenvalue weighted by atomic mass is 14.8. The van der Waals surface area contributed by atoms with E-state index in [-0.39, 0.29) is 5.54 Å². The Labute approximate surface area is 57.6 Å². The van der Waals surface area contributed by atoms with Crippen molar-refractivity contribution in [1.29, 1.82) is 0 Å². The number of rotatable bonds is 2. The monoisotopic (exact) mass is 127 g/mol. The van der Waals surface area contributed by atoms with Gasteiger partial charge in [-0.05, 0) is 32.1 Å². The molecule has 0 amide bonds. The molecule has 0 aromatic heterocycles. The van der Waals surface area contributed by atoms with Crippen molar-refractivity contribution in [3.63, 3.8) is 0 Å². The maximum Gasteiger partial charge on any atom is 0.0128 e. The first-order valence-corrected chi connectivity index (χ1v) is 3.84. The summed E-state index contributed by atoms with van der Waals surface area (Å²) in [7, 11) is 0. The van der Waals surface area contributed by atoms with Crippen LogP contribution in [0, 0.1) is 11.8 Å². The van der Waals surface area contributed by atoms with Crippen molar-refractivity contribution >= 4 is 0 Å². The molecule has 0 saturated heterocycles. The third kappa shape index (κ3) is 1.45. The van der Waals surface area contributed by atoms with Crippen LogP contribution in [-0.2, 0) is 0 Å². The topological polar surface area (TPSA) is 26.0 Å². The Balaban J connectivity index is 2.33. The van der Waals surface area contributed by atoms with E-state index < -0.39 is 0 Å². The van der Waals surface area contributed by atoms with E-state index in [4.69, 9.17) is 5.73 Å². The predicted molar refractivity (Wildman–Crippen MR) is 40.2 cm³/mol. The van der Waals surface area contributed by atoms with Gasteiger partial charge in [-0.25, -0.2) is 0 Å². The average molecular weight is 127 g/mol. The van der Waals surface area contributed by atoms with Crippen LogP contribution >= 0.6 is 0 Å². The number of nitrogens with two attached hydrogens (primary N) is 1. The highest BCUT2D eigenvalue weighted by Crippen LogP contribution is 2.46. The molecule has 0 bridgehead atoms. The number of hydrogen-bond acceptors (Lipinski definition) is 1. The largest absolute Gasteiger partial charge is 0.325 e. The van der Waals surface area contributed by atoms with Crippen LogP contribution in [0.2, 0.25) is 0 Å². The van der Waals surface area contributed by atoms with Gasteiger partial charge in [0, 0.05) is 5.54 Å². The van der Waals surface area contributed by atoms with Gasteiger partial charge in [0.05, 0.1) is 0 Å². The summed E-state index contributed by atoms with van der Waals surface area (Å²) in [6.07, 6.45) is 2.67. The molecular formula is C8H17N. The fourth-order valence-corrected chi connectivity index (χ4v) is 1.61. The van der Waals surface area contributed by atoms with Gasteiger partial charge in [-0.1, -0.05) is 13.3 Å². The Morgan fingerprint density at radius 3 is 2.22 bits per heavy atom. The summed E-state index contributed by atoms with van der Waals surface area (Å²) in [6.45, 7) is 6.51. The van der Waals surface area contributed by atoms with Crippen LogP contribution in [0.1, 0.15) is 33.6 Å². The van der Waals surface area contributed by atoms with Gasteiger partial charge in [-0.2, -0.15) is 0 Å². The summed E-state index contributed by atoms with van der Waals surface area (Å²) in [5.41, 5.74) is 5.99. The molecule has 1 saturated carbocycles. The van der Waals surface area contributed by atoms with Gasteiger partial charge in [0.2, 0.25) is 0 Å². The van der Waals surface area contributed by atoms with Gasteiger partial charge in [-0.15, -0.1) is 0 Å². The Morgan fingerprint density at radius 1 is 1.56 bits per heavy atom. The second-order valence-corrected chi connectivity index (χ2v) is 3.83. The van der Waals surface area contributed by atoms with Crippen LogP contribution < -0.4 is 5.73 Å². The first-order valence-electron chi connectivity index (χ1n) is 3.84. The maximum absolute atomic E-state index is 5.91. The molecule has 1 nitrogen and oxygen atoms in total. The molecule has 0 spiro atoms. The van der Waals surface area contributed by atoms with Crippen molar-refractivity contribution in [3.8, 4) is 0 Å². The fraction of sp³-hybridized carbons (Fsp3) is 1.00. The molecule has 1 fully saturated rings. The zero-order chi connectivity index (χ0) is 7.07. The second kappa shape index (κ2) is 1.98. The predicted octanol–water partition coefficient (Wildman–Crippen LogP) is 1.77. The zero-order valence-electron chi connectivity index (χ0n) is 6.65. The van der Waals surface area contributed by atoms with Crippen LogP contribution in [0.15, 0.2) is 0 Å². The normalized spacial score (nSPS) is 34.7. The van der Waals surface area contributed by atoms with E-state index in [9.17, 15) is 0 Å². The van der Waals surface area contributed by atoms with Crippen LogP contribution in [0.5, 0.6) is 0 Å². The summed E-state index contributed by atoms with van der Waals surface area (Å²) >= 11 is 0. The molecule has 0 radical (unpaired) electrons. The highest BCUT2D eigenvalue weighted by Gasteiger charge is 2.43. The van der Waals surface area contributed by atoms with Crippen LogP contribution in [0.3, 0.4) is 0 Å². The summed E-state index contributed by atoms with van der Waals surface area (Å²) in [4.78, 5) is 0. The van der Waals surface area contributed by atoms with Crippen molar-refractivity contribution in [1.82, 2.24) is 0 Å². The molecule has 54 valence electrons. The Morgan fingerprint density at radius 2 is 2.11 bits per heavy atom. The molecule has 1 heteroatoms. The van der Waals surface area contributed by atoms with E-state index in [1.54, 1.807) is 0 Å². The van der Waals surface area contributed by atoms with Gasteiger partial charge in [0.1, 0.15) is 0 Å². The standard InChI is InChI=1S/C8H17N/c1-4-6-5-7(6)8(2,3)9/h6-7H,4-5,9H2,1-3H3. The van der Waals surface area contributed by atoms with E-state index in [1.807, 2.05) is 0 Å². The van der Waals surface area contributed by atoms with E-state index in [0.29, 0.717) is 0 Å². The molecule has 0 aromatic carbocycles. The highest BCUT2D eigenvalue weighted by molar-refractivity contribution is 4.98. The zero-order valence-corrected chi connectivity index (χ0v) is 6.65. The van der Waals surface area contributed by atoms with Crippen LogP contribution in [0.4, 0.5) is 0 Å². The first kappa shape index (κ1) is 7.07. The smallest absolute Gasteiger partial charge is 0.0128 e. The van der Waals surface area contributed by atoms with Crippen molar-refractivity contribution in [3.05, 3.63) is 0 Å². The lowest BCUT2D eigenvalue weighted by atomic mass is 9.98. The number of hydrogen-bond donors (Lipinski definition) is 1. The van der Waals surface area contributed by atoms with E-state index in [0.717, 1.165) is 11.8 Å². The summed E-state index contributed by atoms with van der Waals surface area (Å²) < 4.78 is 0. The Bertz CT molecular complexity index is 102. The van der Waals surface area contributed by atoms with Gasteiger partial charge < -0.3 is 5.73 Å². The summed E-state index contributed by atoms with van der Waals surface area (Å²) in [5.74, 6) is 1.74. The van der Waals surface area contributed by atoms with E-state index >= 15 is 0 Å². The van der Waals surface area contributed by atoms with Gasteiger partial charge in [0.25, 0.3) is 0 Å². The summed E-state index contributed by atoms with van der Waals surface area (Å²) in [5, 5.41) is 0. The molecule has 0 aromatic rings. The van der Waals surface area contributed by atoms with Gasteiger partial charge in [0.15, 0.2) is 0 Å². The minimum atomic E-state index is 0.0840. The summed E-state index contributed by atoms with van der Waals surface area (Å²) in [6, 6.07) is 0. The van der Waals surface area contributed by atoms with Crippen LogP contribution in [-0.4, -0.2) is 5.54 Å². The van der Waals surface area contributed by atoms with Crippen molar-refractivity contribution < 1.29 is 0 Å². The molecule has 0 aliphatic heterocycles. The SMILES string of the molecule is CCC1CC1C(C)(C)N. The van der Waals surface area contributed by atoms with Crippen LogP contribution in [0.25, 0.3) is 0 Å². The minimum absolute atomic E-state index is 0.0840. The minimum Gasteiger partial charge on any atom is -0.325 e. The molecule has 0 heterocycles. The molecule has 1 rings (SSSR count).